The molecule has 0 saturated carbocycles. The van der Waals surface area contributed by atoms with Crippen molar-refractivity contribution in [1.29, 1.82) is 0 Å². The molecule has 0 unspecified atom stereocenters. The Hall–Kier alpha value is -2.12. The summed E-state index contributed by atoms with van der Waals surface area (Å²) in [5.41, 5.74) is 3.41. The number of aromatic nitrogens is 1. The predicted octanol–water partition coefficient (Wildman–Crippen LogP) is 4.51. The predicted molar refractivity (Wildman–Crippen MR) is 116 cm³/mol. The van der Waals surface area contributed by atoms with Crippen molar-refractivity contribution in [3.63, 3.8) is 0 Å². The van der Waals surface area contributed by atoms with Gasteiger partial charge in [-0.05, 0) is 29.8 Å². The van der Waals surface area contributed by atoms with Crippen LogP contribution in [-0.2, 0) is 13.1 Å². The molecule has 2 aliphatic rings. The SMILES string of the molecule is Clc1ccccc1CN1CCN(Cc2csc(-c3ccc4c(c3)OCO4)n2)CC1. The van der Waals surface area contributed by atoms with Crippen molar-refractivity contribution in [2.45, 2.75) is 13.1 Å². The summed E-state index contributed by atoms with van der Waals surface area (Å²) < 4.78 is 10.9. The molecule has 0 bridgehead atoms. The summed E-state index contributed by atoms with van der Waals surface area (Å²) in [7, 11) is 0. The summed E-state index contributed by atoms with van der Waals surface area (Å²) in [4.78, 5) is 9.79. The second-order valence-corrected chi connectivity index (χ2v) is 8.62. The number of rotatable bonds is 5. The number of hydrogen-bond acceptors (Lipinski definition) is 6. The number of fused-ring (bicyclic) bond motifs is 1. The van der Waals surface area contributed by atoms with E-state index in [-0.39, 0.29) is 0 Å². The molecule has 0 amide bonds. The second-order valence-electron chi connectivity index (χ2n) is 7.36. The molecule has 3 heterocycles. The average molecular weight is 428 g/mol. The third kappa shape index (κ3) is 4.26. The third-order valence-corrected chi connectivity index (χ3v) is 6.68. The standard InChI is InChI=1S/C22H22ClN3O2S/c23-19-4-2-1-3-17(19)12-25-7-9-26(10-8-25)13-18-14-29-22(24-18)16-5-6-20-21(11-16)28-15-27-20/h1-6,11,14H,7-10,12-13,15H2. The highest BCUT2D eigenvalue weighted by molar-refractivity contribution is 7.13. The van der Waals surface area contributed by atoms with Crippen molar-refractivity contribution in [1.82, 2.24) is 14.8 Å². The Balaban J connectivity index is 1.17. The van der Waals surface area contributed by atoms with Crippen LogP contribution in [-0.4, -0.2) is 47.8 Å². The molecule has 1 saturated heterocycles. The van der Waals surface area contributed by atoms with Crippen molar-refractivity contribution in [2.24, 2.45) is 0 Å². The molecule has 1 aromatic heterocycles. The molecule has 2 aromatic carbocycles. The fourth-order valence-electron chi connectivity index (χ4n) is 3.74. The van der Waals surface area contributed by atoms with Crippen LogP contribution in [0.5, 0.6) is 11.5 Å². The van der Waals surface area contributed by atoms with Crippen LogP contribution < -0.4 is 9.47 Å². The number of hydrogen-bond donors (Lipinski definition) is 0. The van der Waals surface area contributed by atoms with Gasteiger partial charge in [-0.2, -0.15) is 0 Å². The van der Waals surface area contributed by atoms with Gasteiger partial charge >= 0.3 is 0 Å². The van der Waals surface area contributed by atoms with Crippen LogP contribution in [0, 0.1) is 0 Å². The number of halogens is 1. The normalized spacial score (nSPS) is 17.0. The molecule has 3 aromatic rings. The maximum Gasteiger partial charge on any atom is 0.231 e. The van der Waals surface area contributed by atoms with Gasteiger partial charge in [0.15, 0.2) is 11.5 Å². The lowest BCUT2D eigenvalue weighted by Crippen LogP contribution is -2.45. The van der Waals surface area contributed by atoms with Gasteiger partial charge in [-0.3, -0.25) is 9.80 Å². The fourth-order valence-corrected chi connectivity index (χ4v) is 4.75. The van der Waals surface area contributed by atoms with Crippen molar-refractivity contribution < 1.29 is 9.47 Å². The Morgan fingerprint density at radius 2 is 1.69 bits per heavy atom. The van der Waals surface area contributed by atoms with E-state index in [9.17, 15) is 0 Å². The first-order valence-corrected chi connectivity index (χ1v) is 11.0. The summed E-state index contributed by atoms with van der Waals surface area (Å²) in [5, 5.41) is 4.04. The van der Waals surface area contributed by atoms with Gasteiger partial charge < -0.3 is 9.47 Å². The van der Waals surface area contributed by atoms with Gasteiger partial charge in [0.1, 0.15) is 5.01 Å². The van der Waals surface area contributed by atoms with Gasteiger partial charge in [0.05, 0.1) is 5.69 Å². The van der Waals surface area contributed by atoms with Gasteiger partial charge in [0, 0.05) is 55.2 Å². The Kier molecular flexibility index (Phi) is 5.42. The van der Waals surface area contributed by atoms with Gasteiger partial charge in [-0.15, -0.1) is 11.3 Å². The van der Waals surface area contributed by atoms with Crippen molar-refractivity contribution in [3.8, 4) is 22.1 Å². The van der Waals surface area contributed by atoms with E-state index in [1.54, 1.807) is 11.3 Å². The van der Waals surface area contributed by atoms with Crippen LogP contribution in [0.1, 0.15) is 11.3 Å². The molecular formula is C22H22ClN3O2S. The molecular weight excluding hydrogens is 406 g/mol. The number of thiazole rings is 1. The first kappa shape index (κ1) is 18.9. The highest BCUT2D eigenvalue weighted by Gasteiger charge is 2.19. The summed E-state index contributed by atoms with van der Waals surface area (Å²) in [6, 6.07) is 14.1. The molecule has 1 fully saturated rings. The Labute approximate surface area is 179 Å². The largest absolute Gasteiger partial charge is 0.454 e. The molecule has 0 atom stereocenters. The van der Waals surface area contributed by atoms with E-state index in [0.29, 0.717) is 6.79 Å². The lowest BCUT2D eigenvalue weighted by atomic mass is 10.2. The molecule has 2 aliphatic heterocycles. The topological polar surface area (TPSA) is 37.8 Å². The fraction of sp³-hybridized carbons (Fsp3) is 0.318. The molecule has 150 valence electrons. The van der Waals surface area contributed by atoms with Crippen LogP contribution in [0.15, 0.2) is 47.8 Å². The van der Waals surface area contributed by atoms with E-state index in [1.807, 2.05) is 30.3 Å². The van der Waals surface area contributed by atoms with Crippen molar-refractivity contribution in [2.75, 3.05) is 33.0 Å². The van der Waals surface area contributed by atoms with E-state index in [2.05, 4.69) is 27.3 Å². The van der Waals surface area contributed by atoms with Gasteiger partial charge in [0.25, 0.3) is 0 Å². The molecule has 29 heavy (non-hydrogen) atoms. The minimum atomic E-state index is 0.296. The summed E-state index contributed by atoms with van der Waals surface area (Å²) >= 11 is 7.99. The van der Waals surface area contributed by atoms with Crippen LogP contribution in [0.2, 0.25) is 5.02 Å². The smallest absolute Gasteiger partial charge is 0.231 e. The zero-order valence-electron chi connectivity index (χ0n) is 16.0. The lowest BCUT2D eigenvalue weighted by molar-refractivity contribution is 0.121. The highest BCUT2D eigenvalue weighted by atomic mass is 35.5. The Bertz CT molecular complexity index is 1000. The van der Waals surface area contributed by atoms with Crippen LogP contribution in [0.25, 0.3) is 10.6 Å². The minimum Gasteiger partial charge on any atom is -0.454 e. The Morgan fingerprint density at radius 1 is 0.931 bits per heavy atom. The first-order chi connectivity index (χ1) is 14.2. The first-order valence-electron chi connectivity index (χ1n) is 9.77. The number of piperazine rings is 1. The maximum atomic E-state index is 6.30. The van der Waals surface area contributed by atoms with E-state index in [1.165, 1.54) is 5.56 Å². The summed E-state index contributed by atoms with van der Waals surface area (Å²) in [6.45, 7) is 6.28. The average Bonchev–Trinajstić information content (AvgIpc) is 3.40. The van der Waals surface area contributed by atoms with Crippen LogP contribution >= 0.6 is 22.9 Å². The third-order valence-electron chi connectivity index (χ3n) is 5.37. The molecule has 0 aliphatic carbocycles. The highest BCUT2D eigenvalue weighted by Crippen LogP contribution is 2.36. The van der Waals surface area contributed by atoms with Crippen molar-refractivity contribution in [3.05, 3.63) is 64.1 Å². The van der Waals surface area contributed by atoms with Crippen LogP contribution in [0.4, 0.5) is 0 Å². The van der Waals surface area contributed by atoms with Gasteiger partial charge in [-0.1, -0.05) is 29.8 Å². The number of benzene rings is 2. The van der Waals surface area contributed by atoms with E-state index < -0.39 is 0 Å². The van der Waals surface area contributed by atoms with E-state index in [0.717, 1.165) is 72.1 Å². The van der Waals surface area contributed by atoms with Gasteiger partial charge in [-0.25, -0.2) is 4.98 Å². The molecule has 5 rings (SSSR count). The van der Waals surface area contributed by atoms with Crippen molar-refractivity contribution >= 4 is 22.9 Å². The van der Waals surface area contributed by atoms with Gasteiger partial charge in [0.2, 0.25) is 6.79 Å². The minimum absolute atomic E-state index is 0.296. The molecule has 0 N–H and O–H groups in total. The lowest BCUT2D eigenvalue weighted by Gasteiger charge is -2.34. The maximum absolute atomic E-state index is 6.30. The van der Waals surface area contributed by atoms with E-state index >= 15 is 0 Å². The molecule has 7 heteroatoms. The summed E-state index contributed by atoms with van der Waals surface area (Å²) in [5.74, 6) is 1.61. The second kappa shape index (κ2) is 8.32. The number of nitrogens with zero attached hydrogens (tertiary/aromatic N) is 3. The molecule has 5 nitrogen and oxygen atoms in total. The zero-order valence-corrected chi connectivity index (χ0v) is 17.6. The quantitative estimate of drug-likeness (QED) is 0.599. The van der Waals surface area contributed by atoms with E-state index in [4.69, 9.17) is 26.1 Å². The monoisotopic (exact) mass is 427 g/mol. The number of ether oxygens (including phenoxy) is 2. The van der Waals surface area contributed by atoms with Crippen LogP contribution in [0.3, 0.4) is 0 Å². The Morgan fingerprint density at radius 3 is 2.52 bits per heavy atom. The molecule has 0 spiro atoms. The summed E-state index contributed by atoms with van der Waals surface area (Å²) in [6.07, 6.45) is 0. The molecule has 0 radical (unpaired) electrons. The zero-order chi connectivity index (χ0) is 19.6.